The highest BCUT2D eigenvalue weighted by molar-refractivity contribution is 5.78. The molecule has 1 heterocycles. The van der Waals surface area contributed by atoms with E-state index >= 15 is 0 Å². The van der Waals surface area contributed by atoms with E-state index in [0.29, 0.717) is 19.0 Å². The molecule has 0 unspecified atom stereocenters. The zero-order chi connectivity index (χ0) is 13.7. The number of aliphatic hydroxyl groups is 1. The van der Waals surface area contributed by atoms with Gasteiger partial charge in [0.05, 0.1) is 13.7 Å². The summed E-state index contributed by atoms with van der Waals surface area (Å²) < 4.78 is 5.13. The number of nitrogens with zero attached hydrogens (tertiary/aromatic N) is 1. The van der Waals surface area contributed by atoms with Crippen LogP contribution in [0.3, 0.4) is 0 Å². The average Bonchev–Trinajstić information content (AvgIpc) is 2.40. The molecule has 5 nitrogen and oxygen atoms in total. The molecule has 1 saturated heterocycles. The zero-order valence-electron chi connectivity index (χ0n) is 11.1. The van der Waals surface area contributed by atoms with Crippen molar-refractivity contribution in [2.24, 2.45) is 5.92 Å². The molecule has 104 valence electrons. The minimum Gasteiger partial charge on any atom is -0.497 e. The van der Waals surface area contributed by atoms with Crippen LogP contribution in [0.5, 0.6) is 5.75 Å². The second-order valence-electron chi connectivity index (χ2n) is 4.87. The first-order valence-electron chi connectivity index (χ1n) is 6.44. The number of carbonyl (C=O) groups excluding carboxylic acids is 1. The van der Waals surface area contributed by atoms with Crippen LogP contribution in [-0.2, 0) is 11.3 Å². The molecule has 1 fully saturated rings. The molecule has 0 aromatic heterocycles. The largest absolute Gasteiger partial charge is 0.497 e. The Morgan fingerprint density at radius 2 is 2.32 bits per heavy atom. The van der Waals surface area contributed by atoms with Crippen LogP contribution in [0.25, 0.3) is 0 Å². The third-order valence-electron chi connectivity index (χ3n) is 3.28. The van der Waals surface area contributed by atoms with Crippen LogP contribution >= 0.6 is 0 Å². The van der Waals surface area contributed by atoms with Crippen LogP contribution in [0.4, 0.5) is 0 Å². The minimum absolute atomic E-state index is 0.0132. The van der Waals surface area contributed by atoms with Crippen molar-refractivity contribution in [2.75, 3.05) is 33.4 Å². The van der Waals surface area contributed by atoms with Crippen LogP contribution in [-0.4, -0.2) is 49.3 Å². The summed E-state index contributed by atoms with van der Waals surface area (Å²) in [6, 6.07) is 7.64. The van der Waals surface area contributed by atoms with E-state index in [1.54, 1.807) is 7.11 Å². The van der Waals surface area contributed by atoms with Gasteiger partial charge in [0.2, 0.25) is 5.91 Å². The van der Waals surface area contributed by atoms with Crippen molar-refractivity contribution in [1.29, 1.82) is 0 Å². The predicted molar refractivity (Wildman–Crippen MR) is 71.9 cm³/mol. The Labute approximate surface area is 113 Å². The maximum Gasteiger partial charge on any atom is 0.234 e. The minimum atomic E-state index is 0.0132. The van der Waals surface area contributed by atoms with E-state index in [1.165, 1.54) is 0 Å². The molecule has 2 rings (SSSR count). The van der Waals surface area contributed by atoms with Crippen molar-refractivity contribution >= 4 is 5.91 Å². The number of rotatable bonds is 6. The molecule has 1 aliphatic rings. The van der Waals surface area contributed by atoms with E-state index in [-0.39, 0.29) is 12.5 Å². The number of carbonyl (C=O) groups is 1. The second-order valence-corrected chi connectivity index (χ2v) is 4.87. The van der Waals surface area contributed by atoms with Crippen molar-refractivity contribution in [2.45, 2.75) is 6.54 Å². The van der Waals surface area contributed by atoms with Gasteiger partial charge >= 0.3 is 0 Å². The lowest BCUT2D eigenvalue weighted by Gasteiger charge is -2.37. The van der Waals surface area contributed by atoms with Gasteiger partial charge in [0.1, 0.15) is 5.75 Å². The van der Waals surface area contributed by atoms with Crippen LogP contribution < -0.4 is 10.1 Å². The molecule has 0 atom stereocenters. The SMILES string of the molecule is COc1cccc(CNC(=O)CN2CC(CO)C2)c1. The van der Waals surface area contributed by atoms with Gasteiger partial charge < -0.3 is 15.2 Å². The maximum absolute atomic E-state index is 11.7. The topological polar surface area (TPSA) is 61.8 Å². The van der Waals surface area contributed by atoms with E-state index in [1.807, 2.05) is 29.2 Å². The van der Waals surface area contributed by atoms with E-state index in [2.05, 4.69) is 5.32 Å². The van der Waals surface area contributed by atoms with Crippen LogP contribution in [0, 0.1) is 5.92 Å². The first-order chi connectivity index (χ1) is 9.21. The third-order valence-corrected chi connectivity index (χ3v) is 3.28. The van der Waals surface area contributed by atoms with E-state index < -0.39 is 0 Å². The molecule has 1 aromatic rings. The summed E-state index contributed by atoms with van der Waals surface area (Å²) in [6.07, 6.45) is 0. The van der Waals surface area contributed by atoms with Gasteiger partial charge in [0.15, 0.2) is 0 Å². The Morgan fingerprint density at radius 3 is 3.00 bits per heavy atom. The van der Waals surface area contributed by atoms with Crippen molar-refractivity contribution in [1.82, 2.24) is 10.2 Å². The molecule has 1 aromatic carbocycles. The summed E-state index contributed by atoms with van der Waals surface area (Å²) in [4.78, 5) is 13.8. The number of likely N-dealkylation sites (tertiary alicyclic amines) is 1. The van der Waals surface area contributed by atoms with Crippen molar-refractivity contribution < 1.29 is 14.6 Å². The summed E-state index contributed by atoms with van der Waals surface area (Å²) in [7, 11) is 1.62. The normalized spacial score (nSPS) is 15.9. The van der Waals surface area contributed by atoms with Gasteiger partial charge in [-0.3, -0.25) is 9.69 Å². The van der Waals surface area contributed by atoms with Crippen molar-refractivity contribution in [3.05, 3.63) is 29.8 Å². The lowest BCUT2D eigenvalue weighted by molar-refractivity contribution is -0.124. The fourth-order valence-electron chi connectivity index (χ4n) is 2.16. The van der Waals surface area contributed by atoms with Gasteiger partial charge in [-0.05, 0) is 17.7 Å². The molecule has 19 heavy (non-hydrogen) atoms. The Bertz CT molecular complexity index is 430. The zero-order valence-corrected chi connectivity index (χ0v) is 11.1. The second kappa shape index (κ2) is 6.54. The number of nitrogens with one attached hydrogen (secondary N) is 1. The number of amides is 1. The first-order valence-corrected chi connectivity index (χ1v) is 6.44. The molecule has 5 heteroatoms. The number of methoxy groups -OCH3 is 1. The van der Waals surface area contributed by atoms with Gasteiger partial charge in [0, 0.05) is 32.2 Å². The Hall–Kier alpha value is -1.59. The van der Waals surface area contributed by atoms with Crippen molar-refractivity contribution in [3.8, 4) is 5.75 Å². The van der Waals surface area contributed by atoms with E-state index in [0.717, 1.165) is 24.4 Å². The Kier molecular flexibility index (Phi) is 4.76. The third kappa shape index (κ3) is 3.94. The van der Waals surface area contributed by atoms with Crippen molar-refractivity contribution in [3.63, 3.8) is 0 Å². The lowest BCUT2D eigenvalue weighted by Crippen LogP contribution is -2.51. The van der Waals surface area contributed by atoms with Crippen LogP contribution in [0.1, 0.15) is 5.56 Å². The van der Waals surface area contributed by atoms with E-state index in [4.69, 9.17) is 9.84 Å². The summed E-state index contributed by atoms with van der Waals surface area (Å²) in [6.45, 7) is 2.74. The molecule has 0 saturated carbocycles. The molecular formula is C14H20N2O3. The smallest absolute Gasteiger partial charge is 0.234 e. The first kappa shape index (κ1) is 13.8. The van der Waals surface area contributed by atoms with Crippen LogP contribution in [0.15, 0.2) is 24.3 Å². The maximum atomic E-state index is 11.7. The monoisotopic (exact) mass is 264 g/mol. The van der Waals surface area contributed by atoms with Gasteiger partial charge in [-0.2, -0.15) is 0 Å². The molecule has 2 N–H and O–H groups in total. The molecule has 0 bridgehead atoms. The van der Waals surface area contributed by atoms with Crippen LogP contribution in [0.2, 0.25) is 0 Å². The van der Waals surface area contributed by atoms with Gasteiger partial charge in [0.25, 0.3) is 0 Å². The summed E-state index contributed by atoms with van der Waals surface area (Å²) in [5, 5.41) is 11.8. The molecule has 1 aliphatic heterocycles. The summed E-state index contributed by atoms with van der Waals surface area (Å²) >= 11 is 0. The highest BCUT2D eigenvalue weighted by Gasteiger charge is 2.26. The fraction of sp³-hybridized carbons (Fsp3) is 0.500. The number of aliphatic hydroxyl groups excluding tert-OH is 1. The molecule has 0 radical (unpaired) electrons. The molecule has 1 amide bonds. The van der Waals surface area contributed by atoms with Gasteiger partial charge in [-0.1, -0.05) is 12.1 Å². The highest BCUT2D eigenvalue weighted by Crippen LogP contribution is 2.14. The average molecular weight is 264 g/mol. The number of benzene rings is 1. The standard InChI is InChI=1S/C14H20N2O3/c1-19-13-4-2-3-11(5-13)6-15-14(18)9-16-7-12(8-16)10-17/h2-5,12,17H,6-10H2,1H3,(H,15,18). The summed E-state index contributed by atoms with van der Waals surface area (Å²) in [5.74, 6) is 1.14. The molecular weight excluding hydrogens is 244 g/mol. The quantitative estimate of drug-likeness (QED) is 0.772. The summed E-state index contributed by atoms with van der Waals surface area (Å²) in [5.41, 5.74) is 1.02. The van der Waals surface area contributed by atoms with Gasteiger partial charge in [-0.15, -0.1) is 0 Å². The Morgan fingerprint density at radius 1 is 1.53 bits per heavy atom. The van der Waals surface area contributed by atoms with E-state index in [9.17, 15) is 4.79 Å². The number of hydrogen-bond acceptors (Lipinski definition) is 4. The molecule has 0 spiro atoms. The Balaban J connectivity index is 1.71. The lowest BCUT2D eigenvalue weighted by atomic mass is 10.0. The van der Waals surface area contributed by atoms with Gasteiger partial charge in [-0.25, -0.2) is 0 Å². The highest BCUT2D eigenvalue weighted by atomic mass is 16.5. The fourth-order valence-corrected chi connectivity index (χ4v) is 2.16. The predicted octanol–water partition coefficient (Wildman–Crippen LogP) is 0.235. The number of hydrogen-bond donors (Lipinski definition) is 2. The molecule has 0 aliphatic carbocycles. The number of ether oxygens (including phenoxy) is 1.